The molecule has 17 nitrogen and oxygen atoms in total. The number of ketones is 2. The van der Waals surface area contributed by atoms with Crippen LogP contribution < -0.4 is 5.73 Å². The lowest BCUT2D eigenvalue weighted by Gasteiger charge is -2.23. The summed E-state index contributed by atoms with van der Waals surface area (Å²) < 4.78 is 66.2. The fourth-order valence-corrected chi connectivity index (χ4v) is 4.40. The summed E-state index contributed by atoms with van der Waals surface area (Å²) in [5.74, 6) is 0.344. The number of carbonyl (C=O) groups excluding carboxylic acids is 3. The van der Waals surface area contributed by atoms with Gasteiger partial charge in [-0.25, -0.2) is 0 Å². The van der Waals surface area contributed by atoms with Gasteiger partial charge in [-0.1, -0.05) is 34.6 Å². The van der Waals surface area contributed by atoms with Gasteiger partial charge in [-0.05, 0) is 0 Å². The van der Waals surface area contributed by atoms with Crippen molar-refractivity contribution in [1.82, 2.24) is 4.90 Å². The molecule has 0 bridgehead atoms. The second kappa shape index (κ2) is 41.0. The quantitative estimate of drug-likeness (QED) is 0.0877. The highest BCUT2D eigenvalue weighted by Crippen LogP contribution is 2.16. The van der Waals surface area contributed by atoms with Gasteiger partial charge in [0, 0.05) is 43.8 Å². The molecule has 0 aromatic carbocycles. The van der Waals surface area contributed by atoms with Gasteiger partial charge in [0.15, 0.2) is 0 Å². The van der Waals surface area contributed by atoms with Crippen LogP contribution in [0.2, 0.25) is 0 Å². The molecule has 0 atom stereocenters. The predicted molar refractivity (Wildman–Crippen MR) is 214 cm³/mol. The summed E-state index contributed by atoms with van der Waals surface area (Å²) in [7, 11) is 0. The number of Topliss-reactive ketones (excluding diaryl/α,β-unsaturated/α-hetero) is 2. The number of hydrogen-bond acceptors (Lipinski definition) is 16. The van der Waals surface area contributed by atoms with Gasteiger partial charge in [-0.15, -0.1) is 0 Å². The van der Waals surface area contributed by atoms with Crippen LogP contribution in [0.4, 0.5) is 0 Å². The van der Waals surface area contributed by atoms with Crippen molar-refractivity contribution < 1.29 is 71.2 Å². The van der Waals surface area contributed by atoms with Gasteiger partial charge in [-0.2, -0.15) is 0 Å². The number of rotatable bonds is 45. The average Bonchev–Trinajstić information content (AvgIpc) is 3.18. The van der Waals surface area contributed by atoms with E-state index in [1.165, 1.54) is 0 Å². The first-order valence-corrected chi connectivity index (χ1v) is 20.6. The van der Waals surface area contributed by atoms with Crippen LogP contribution in [-0.2, 0) is 71.2 Å². The monoisotopic (exact) mass is 827 g/mol. The first-order chi connectivity index (χ1) is 27.6. The molecule has 0 spiro atoms. The van der Waals surface area contributed by atoms with Crippen LogP contribution in [-0.4, -0.2) is 201 Å². The lowest BCUT2D eigenvalue weighted by Crippen LogP contribution is -2.37. The van der Waals surface area contributed by atoms with Gasteiger partial charge in [0.25, 0.3) is 0 Å². The fourth-order valence-electron chi connectivity index (χ4n) is 4.40. The molecule has 0 unspecified atom stereocenters. The van der Waals surface area contributed by atoms with Crippen molar-refractivity contribution in [3.05, 3.63) is 0 Å². The summed E-state index contributed by atoms with van der Waals surface area (Å²) in [4.78, 5) is 38.2. The highest BCUT2D eigenvalue weighted by Gasteiger charge is 2.20. The smallest absolute Gasteiger partial charge is 0.225 e. The van der Waals surface area contributed by atoms with Crippen molar-refractivity contribution in [1.29, 1.82) is 0 Å². The van der Waals surface area contributed by atoms with Crippen molar-refractivity contribution in [2.75, 3.05) is 178 Å². The van der Waals surface area contributed by atoms with E-state index in [1.54, 1.807) is 4.90 Å². The highest BCUT2D eigenvalue weighted by molar-refractivity contribution is 5.83. The van der Waals surface area contributed by atoms with Crippen LogP contribution in [0.1, 0.15) is 53.9 Å². The zero-order valence-corrected chi connectivity index (χ0v) is 35.9. The van der Waals surface area contributed by atoms with Crippen LogP contribution in [0.25, 0.3) is 0 Å². The van der Waals surface area contributed by atoms with Crippen molar-refractivity contribution in [3.8, 4) is 0 Å². The zero-order valence-electron chi connectivity index (χ0n) is 35.9. The Morgan fingerprint density at radius 3 is 1.02 bits per heavy atom. The summed E-state index contributed by atoms with van der Waals surface area (Å²) in [6, 6.07) is 0. The third-order valence-electron chi connectivity index (χ3n) is 7.88. The molecule has 0 saturated carbocycles. The number of hydrogen-bond donors (Lipinski definition) is 1. The second-order valence-electron chi connectivity index (χ2n) is 14.1. The molecule has 0 radical (unpaired) electrons. The minimum atomic E-state index is -0.346. The maximum absolute atomic E-state index is 13.0. The number of nitrogens with zero attached hydrogens (tertiary/aromatic N) is 1. The van der Waals surface area contributed by atoms with Gasteiger partial charge in [-0.3, -0.25) is 14.4 Å². The number of nitrogens with two attached hydrogens (primary N) is 1. The SMILES string of the molecule is CC(C)C(=O)CCOCCOCCOCCOCCN(CCOCCOCCOCCOCCC(=O)C(C)(C)C)C(=O)CCOCCOCCOCCOCCN. The molecule has 0 rings (SSSR count). The number of ether oxygens (including phenoxy) is 12. The first kappa shape index (κ1) is 55.3. The molecule has 57 heavy (non-hydrogen) atoms. The van der Waals surface area contributed by atoms with Gasteiger partial charge in [0.05, 0.1) is 165 Å². The van der Waals surface area contributed by atoms with Crippen LogP contribution in [0, 0.1) is 11.3 Å². The van der Waals surface area contributed by atoms with Gasteiger partial charge in [0.2, 0.25) is 5.91 Å². The summed E-state index contributed by atoms with van der Waals surface area (Å²) in [5.41, 5.74) is 5.02. The minimum Gasteiger partial charge on any atom is -0.379 e. The summed E-state index contributed by atoms with van der Waals surface area (Å²) in [5, 5.41) is 0. The van der Waals surface area contributed by atoms with Crippen molar-refractivity contribution >= 4 is 17.5 Å². The van der Waals surface area contributed by atoms with Crippen molar-refractivity contribution in [2.24, 2.45) is 17.1 Å². The molecule has 0 aliphatic rings. The largest absolute Gasteiger partial charge is 0.379 e. The normalized spacial score (nSPS) is 11.8. The van der Waals surface area contributed by atoms with Crippen LogP contribution in [0.15, 0.2) is 0 Å². The first-order valence-electron chi connectivity index (χ1n) is 20.6. The molecule has 0 fully saturated rings. The standard InChI is InChI=1S/C40H78N2O15/c1-36(2)37(43)6-12-46-18-24-52-31-34-56-28-22-50-16-10-42(39(45)8-14-48-20-26-54-30-33-55-27-21-49-15-9-41)11-17-51-23-29-57-35-32-53-25-19-47-13-7-38(44)40(3,4)5/h36H,6-35,41H2,1-5H3. The Morgan fingerprint density at radius 2 is 0.702 bits per heavy atom. The third-order valence-corrected chi connectivity index (χ3v) is 7.88. The minimum absolute atomic E-state index is 0.0295. The molecular formula is C40H78N2O15. The van der Waals surface area contributed by atoms with Crippen molar-refractivity contribution in [2.45, 2.75) is 53.9 Å². The van der Waals surface area contributed by atoms with Crippen LogP contribution in [0.3, 0.4) is 0 Å². The van der Waals surface area contributed by atoms with E-state index in [0.29, 0.717) is 184 Å². The third kappa shape index (κ3) is 39.5. The number of carbonyl (C=O) groups is 3. The molecule has 0 aliphatic carbocycles. The van der Waals surface area contributed by atoms with E-state index in [1.807, 2.05) is 34.6 Å². The van der Waals surface area contributed by atoms with Gasteiger partial charge in [0.1, 0.15) is 11.6 Å². The second-order valence-corrected chi connectivity index (χ2v) is 14.1. The topological polar surface area (TPSA) is 191 Å². The van der Waals surface area contributed by atoms with Gasteiger partial charge >= 0.3 is 0 Å². The zero-order chi connectivity index (χ0) is 42.1. The van der Waals surface area contributed by atoms with Crippen molar-refractivity contribution in [3.63, 3.8) is 0 Å². The Hall–Kier alpha value is -1.71. The molecule has 0 aliphatic heterocycles. The predicted octanol–water partition coefficient (Wildman–Crippen LogP) is 1.98. The van der Waals surface area contributed by atoms with E-state index >= 15 is 0 Å². The summed E-state index contributed by atoms with van der Waals surface area (Å²) >= 11 is 0. The molecule has 0 aromatic rings. The lowest BCUT2D eigenvalue weighted by molar-refractivity contribution is -0.134. The molecule has 1 amide bonds. The van der Waals surface area contributed by atoms with E-state index in [2.05, 4.69) is 0 Å². The molecule has 0 heterocycles. The van der Waals surface area contributed by atoms with E-state index in [-0.39, 0.29) is 41.8 Å². The molecule has 0 saturated heterocycles. The Morgan fingerprint density at radius 1 is 0.421 bits per heavy atom. The average molecular weight is 827 g/mol. The molecule has 338 valence electrons. The molecule has 2 N–H and O–H groups in total. The lowest BCUT2D eigenvalue weighted by atomic mass is 9.89. The summed E-state index contributed by atoms with van der Waals surface area (Å²) in [6.07, 6.45) is 1.05. The van der Waals surface area contributed by atoms with E-state index in [4.69, 9.17) is 62.6 Å². The molecular weight excluding hydrogens is 748 g/mol. The Kier molecular flexibility index (Phi) is 39.8. The van der Waals surface area contributed by atoms with Crippen LogP contribution >= 0.6 is 0 Å². The summed E-state index contributed by atoms with van der Waals surface area (Å²) in [6.45, 7) is 20.7. The Balaban J connectivity index is 4.15. The van der Waals surface area contributed by atoms with E-state index in [0.717, 1.165) is 0 Å². The van der Waals surface area contributed by atoms with Crippen LogP contribution in [0.5, 0.6) is 0 Å². The van der Waals surface area contributed by atoms with E-state index in [9.17, 15) is 14.4 Å². The Bertz CT molecular complexity index is 924. The maximum Gasteiger partial charge on any atom is 0.225 e. The fraction of sp³-hybridized carbons (Fsp3) is 0.925. The Labute approximate surface area is 342 Å². The van der Waals surface area contributed by atoms with Gasteiger partial charge < -0.3 is 67.5 Å². The molecule has 0 aromatic heterocycles. The highest BCUT2D eigenvalue weighted by atomic mass is 16.6. The molecule has 17 heteroatoms. The maximum atomic E-state index is 13.0. The van der Waals surface area contributed by atoms with E-state index < -0.39 is 0 Å². The number of amides is 1.